The molecule has 0 bridgehead atoms. The number of likely N-dealkylation sites (tertiary alicyclic amines) is 1. The van der Waals surface area contributed by atoms with Crippen LogP contribution < -0.4 is 10.6 Å². The summed E-state index contributed by atoms with van der Waals surface area (Å²) in [6.45, 7) is 3.09. The van der Waals surface area contributed by atoms with Crippen molar-refractivity contribution in [3.63, 3.8) is 0 Å². The van der Waals surface area contributed by atoms with Crippen LogP contribution in [0.25, 0.3) is 0 Å². The van der Waals surface area contributed by atoms with E-state index in [-0.39, 0.29) is 35.9 Å². The van der Waals surface area contributed by atoms with E-state index in [1.54, 1.807) is 6.26 Å². The third-order valence-electron chi connectivity index (χ3n) is 6.30. The van der Waals surface area contributed by atoms with Crippen molar-refractivity contribution in [1.29, 1.82) is 0 Å². The van der Waals surface area contributed by atoms with Gasteiger partial charge in [-0.1, -0.05) is 43.2 Å². The van der Waals surface area contributed by atoms with Crippen molar-refractivity contribution in [3.8, 4) is 0 Å². The zero-order chi connectivity index (χ0) is 21.3. The van der Waals surface area contributed by atoms with E-state index < -0.39 is 0 Å². The second-order valence-electron chi connectivity index (χ2n) is 8.62. The van der Waals surface area contributed by atoms with Crippen molar-refractivity contribution in [2.45, 2.75) is 51.0 Å². The molecule has 4 rings (SSSR count). The molecule has 2 heterocycles. The highest BCUT2D eigenvalue weighted by Crippen LogP contribution is 2.27. The highest BCUT2D eigenvalue weighted by molar-refractivity contribution is 14.0. The summed E-state index contributed by atoms with van der Waals surface area (Å²) < 4.78 is 5.42. The Bertz CT molecular complexity index is 835. The molecule has 1 saturated heterocycles. The highest BCUT2D eigenvalue weighted by atomic mass is 127. The minimum Gasteiger partial charge on any atom is -0.469 e. The Morgan fingerprint density at radius 3 is 2.62 bits per heavy atom. The van der Waals surface area contributed by atoms with Gasteiger partial charge in [0.1, 0.15) is 5.76 Å². The number of amides is 1. The molecule has 32 heavy (non-hydrogen) atoms. The van der Waals surface area contributed by atoms with Crippen molar-refractivity contribution in [3.05, 3.63) is 60.1 Å². The van der Waals surface area contributed by atoms with Crippen LogP contribution in [-0.4, -0.2) is 49.0 Å². The molecule has 2 fully saturated rings. The molecule has 2 aliphatic rings. The van der Waals surface area contributed by atoms with Crippen LogP contribution in [0.5, 0.6) is 0 Å². The van der Waals surface area contributed by atoms with Gasteiger partial charge in [0.25, 0.3) is 0 Å². The van der Waals surface area contributed by atoms with Gasteiger partial charge in [-0.3, -0.25) is 9.79 Å². The molecule has 2 aromatic rings. The van der Waals surface area contributed by atoms with E-state index in [1.807, 2.05) is 18.2 Å². The third-order valence-corrected chi connectivity index (χ3v) is 6.30. The average Bonchev–Trinajstić information content (AvgIpc) is 3.57. The topological polar surface area (TPSA) is 69.9 Å². The number of aliphatic imine (C=N–C) groups is 1. The quantitative estimate of drug-likeness (QED) is 0.296. The Morgan fingerprint density at radius 1 is 1.06 bits per heavy atom. The first-order valence-electron chi connectivity index (χ1n) is 11.7. The fraction of sp³-hybridized carbons (Fsp3) is 0.520. The molecule has 1 amide bonds. The predicted octanol–water partition coefficient (Wildman–Crippen LogP) is 4.01. The molecule has 0 radical (unpaired) electrons. The number of carbonyl (C=O) groups is 1. The maximum Gasteiger partial charge on any atom is 0.225 e. The summed E-state index contributed by atoms with van der Waals surface area (Å²) in [7, 11) is 0. The Balaban J connectivity index is 0.00000289. The van der Waals surface area contributed by atoms with Gasteiger partial charge in [0.05, 0.1) is 6.26 Å². The molecule has 1 aromatic carbocycles. The molecule has 1 atom stereocenters. The maximum absolute atomic E-state index is 12.8. The Kier molecular flexibility index (Phi) is 9.89. The van der Waals surface area contributed by atoms with E-state index >= 15 is 0 Å². The van der Waals surface area contributed by atoms with E-state index in [0.29, 0.717) is 12.5 Å². The zero-order valence-electron chi connectivity index (χ0n) is 18.7. The third kappa shape index (κ3) is 7.25. The van der Waals surface area contributed by atoms with Crippen LogP contribution in [0.2, 0.25) is 0 Å². The van der Waals surface area contributed by atoms with Gasteiger partial charge in [-0.25, -0.2) is 0 Å². The van der Waals surface area contributed by atoms with Gasteiger partial charge >= 0.3 is 0 Å². The van der Waals surface area contributed by atoms with E-state index in [1.165, 1.54) is 18.4 Å². The van der Waals surface area contributed by atoms with Gasteiger partial charge in [0.15, 0.2) is 5.96 Å². The summed E-state index contributed by atoms with van der Waals surface area (Å²) in [4.78, 5) is 19.6. The summed E-state index contributed by atoms with van der Waals surface area (Å²) in [5.74, 6) is 2.38. The molecule has 1 unspecified atom stereocenters. The Hall–Kier alpha value is -2.03. The number of carbonyl (C=O) groups excluding carboxylic acids is 1. The standard InChI is InChI=1S/C25H34N4O2.HI/c30-24(21-9-4-5-10-21)29-17-14-22(19-29)28-25(27-16-13-23-11-6-18-31-23)26-15-12-20-7-2-1-3-8-20;/h1-3,6-8,11,18,21-22H,4-5,9-10,12-17,19H2,(H2,26,27,28);1H. The minimum absolute atomic E-state index is 0. The first kappa shape index (κ1) is 24.6. The van der Waals surface area contributed by atoms with Crippen LogP contribution in [0.3, 0.4) is 0 Å². The van der Waals surface area contributed by atoms with Crippen LogP contribution in [0.4, 0.5) is 0 Å². The number of rotatable bonds is 8. The number of hydrogen-bond acceptors (Lipinski definition) is 3. The second-order valence-corrected chi connectivity index (χ2v) is 8.62. The van der Waals surface area contributed by atoms with Crippen LogP contribution in [0.1, 0.15) is 43.4 Å². The molecule has 1 aliphatic carbocycles. The summed E-state index contributed by atoms with van der Waals surface area (Å²) in [6.07, 6.45) is 8.91. The van der Waals surface area contributed by atoms with Crippen molar-refractivity contribution >= 4 is 35.8 Å². The van der Waals surface area contributed by atoms with Gasteiger partial charge in [0.2, 0.25) is 5.91 Å². The largest absolute Gasteiger partial charge is 0.469 e. The van der Waals surface area contributed by atoms with Crippen LogP contribution in [0, 0.1) is 5.92 Å². The lowest BCUT2D eigenvalue weighted by Crippen LogP contribution is -2.46. The van der Waals surface area contributed by atoms with E-state index in [2.05, 4.69) is 39.8 Å². The number of hydrogen-bond donors (Lipinski definition) is 2. The number of benzene rings is 1. The molecule has 174 valence electrons. The predicted molar refractivity (Wildman–Crippen MR) is 138 cm³/mol. The molecule has 1 saturated carbocycles. The first-order valence-corrected chi connectivity index (χ1v) is 11.7. The van der Waals surface area contributed by atoms with Crippen LogP contribution in [0.15, 0.2) is 58.1 Å². The lowest BCUT2D eigenvalue weighted by molar-refractivity contribution is -0.134. The van der Waals surface area contributed by atoms with Gasteiger partial charge in [-0.2, -0.15) is 0 Å². The smallest absolute Gasteiger partial charge is 0.225 e. The molecule has 1 aliphatic heterocycles. The van der Waals surface area contributed by atoms with E-state index in [0.717, 1.165) is 63.5 Å². The highest BCUT2D eigenvalue weighted by Gasteiger charge is 2.32. The average molecular weight is 550 g/mol. The zero-order valence-corrected chi connectivity index (χ0v) is 21.0. The molecular formula is C25H35IN4O2. The lowest BCUT2D eigenvalue weighted by atomic mass is 10.1. The molecule has 7 heteroatoms. The van der Waals surface area contributed by atoms with E-state index in [9.17, 15) is 4.79 Å². The summed E-state index contributed by atoms with van der Waals surface area (Å²) >= 11 is 0. The number of guanidine groups is 1. The SMILES string of the molecule is I.O=C(C1CCCC1)N1CCC(NC(=NCCc2ccco2)NCCc2ccccc2)C1. The van der Waals surface area contributed by atoms with Gasteiger partial charge in [-0.05, 0) is 43.4 Å². The van der Waals surface area contributed by atoms with Gasteiger partial charge in [0, 0.05) is 44.6 Å². The fourth-order valence-corrected chi connectivity index (χ4v) is 4.56. The molecule has 0 spiro atoms. The fourth-order valence-electron chi connectivity index (χ4n) is 4.56. The first-order chi connectivity index (χ1) is 15.3. The van der Waals surface area contributed by atoms with Crippen LogP contribution >= 0.6 is 24.0 Å². The van der Waals surface area contributed by atoms with Gasteiger partial charge < -0.3 is 20.0 Å². The van der Waals surface area contributed by atoms with Crippen molar-refractivity contribution in [2.75, 3.05) is 26.2 Å². The number of furan rings is 1. The van der Waals surface area contributed by atoms with Crippen LogP contribution in [-0.2, 0) is 17.6 Å². The normalized spacial score (nSPS) is 19.1. The summed E-state index contributed by atoms with van der Waals surface area (Å²) in [6, 6.07) is 14.6. The van der Waals surface area contributed by atoms with Gasteiger partial charge in [-0.15, -0.1) is 24.0 Å². The summed E-state index contributed by atoms with van der Waals surface area (Å²) in [5, 5.41) is 7.05. The second kappa shape index (κ2) is 12.9. The Labute approximate surface area is 208 Å². The van der Waals surface area contributed by atoms with Crippen molar-refractivity contribution in [1.82, 2.24) is 15.5 Å². The minimum atomic E-state index is 0. The molecule has 6 nitrogen and oxygen atoms in total. The van der Waals surface area contributed by atoms with Crippen molar-refractivity contribution < 1.29 is 9.21 Å². The summed E-state index contributed by atoms with van der Waals surface area (Å²) in [5.41, 5.74) is 1.30. The molecule has 2 N–H and O–H groups in total. The Morgan fingerprint density at radius 2 is 1.88 bits per heavy atom. The maximum atomic E-state index is 12.8. The number of nitrogens with one attached hydrogen (secondary N) is 2. The number of halogens is 1. The molecular weight excluding hydrogens is 515 g/mol. The number of nitrogens with zero attached hydrogens (tertiary/aromatic N) is 2. The van der Waals surface area contributed by atoms with Crippen molar-refractivity contribution in [2.24, 2.45) is 10.9 Å². The van der Waals surface area contributed by atoms with E-state index in [4.69, 9.17) is 9.41 Å². The monoisotopic (exact) mass is 550 g/mol. The lowest BCUT2D eigenvalue weighted by Gasteiger charge is -2.21. The molecule has 1 aromatic heterocycles.